The van der Waals surface area contributed by atoms with E-state index in [-0.39, 0.29) is 0 Å². The van der Waals surface area contributed by atoms with Gasteiger partial charge >= 0.3 is 0 Å². The Morgan fingerprint density at radius 2 is 2.12 bits per heavy atom. The lowest BCUT2D eigenvalue weighted by molar-refractivity contribution is -0.0367. The summed E-state index contributed by atoms with van der Waals surface area (Å²) in [7, 11) is 0. The average Bonchev–Trinajstić information content (AvgIpc) is 2.96. The van der Waals surface area contributed by atoms with Crippen LogP contribution >= 0.6 is 29.5 Å². The van der Waals surface area contributed by atoms with Crippen LogP contribution in [-0.4, -0.2) is 68.9 Å². The number of nitrogens with zero attached hydrogens (tertiary/aromatic N) is 3. The molecule has 0 aliphatic carbocycles. The molecular weight excluding hydrogens is 442 g/mol. The molecule has 1 saturated heterocycles. The fourth-order valence-electron chi connectivity index (χ4n) is 2.87. The van der Waals surface area contributed by atoms with Crippen molar-refractivity contribution in [2.24, 2.45) is 0 Å². The number of pyridine rings is 1. The van der Waals surface area contributed by atoms with Gasteiger partial charge in [-0.15, -0.1) is 13.2 Å². The normalized spacial score (nSPS) is 27.9. The van der Waals surface area contributed by atoms with Gasteiger partial charge in [-0.2, -0.15) is 0 Å². The van der Waals surface area contributed by atoms with Crippen molar-refractivity contribution in [1.82, 2.24) is 14.5 Å². The molecule has 2 aromatic rings. The third-order valence-electron chi connectivity index (χ3n) is 4.18. The van der Waals surface area contributed by atoms with Crippen LogP contribution in [0.3, 0.4) is 0 Å². The molecule has 0 spiro atoms. The van der Waals surface area contributed by atoms with Crippen LogP contribution in [0.4, 0.5) is 5.69 Å². The van der Waals surface area contributed by atoms with E-state index in [0.717, 1.165) is 6.16 Å². The summed E-state index contributed by atoms with van der Waals surface area (Å²) < 4.78 is 8.29. The minimum Gasteiger partial charge on any atom is -0.397 e. The second kappa shape index (κ2) is 6.57. The number of aromatic nitrogens is 3. The van der Waals surface area contributed by atoms with E-state index in [1.165, 1.54) is 0 Å². The van der Waals surface area contributed by atoms with E-state index < -0.39 is 31.4 Å². The zero-order valence-electron chi connectivity index (χ0n) is 13.6. The maximum atomic E-state index is 10.5. The highest BCUT2D eigenvalue weighted by Crippen LogP contribution is 2.40. The standard InChI is InChI=1S/C15H22IN4O3P/c1-24(2,3)7-5-9-11(21)12(22)14(23-9)20-13-10(19-15(20)16)8(17)4-6-18-13/h4,6,9,11-12,14,21-22H,1,5,7H2,2-3H3,(H2,17,18)/t9?,11-,12-,14?/m1/s1. The van der Waals surface area contributed by atoms with Crippen LogP contribution in [0.15, 0.2) is 12.3 Å². The number of fused-ring (bicyclic) bond motifs is 1. The van der Waals surface area contributed by atoms with Crippen molar-refractivity contribution in [2.75, 3.05) is 25.2 Å². The zero-order valence-corrected chi connectivity index (χ0v) is 16.7. The van der Waals surface area contributed by atoms with E-state index >= 15 is 0 Å². The van der Waals surface area contributed by atoms with Crippen molar-refractivity contribution in [3.8, 4) is 0 Å². The number of hydrogen-bond donors (Lipinski definition) is 3. The second-order valence-corrected chi connectivity index (χ2v) is 12.1. The van der Waals surface area contributed by atoms with Crippen LogP contribution in [0.2, 0.25) is 0 Å². The largest absolute Gasteiger partial charge is 0.397 e. The minimum atomic E-state index is -1.22. The zero-order chi connectivity index (χ0) is 17.6. The van der Waals surface area contributed by atoms with Gasteiger partial charge in [0.1, 0.15) is 17.7 Å². The van der Waals surface area contributed by atoms with Crippen molar-refractivity contribution in [1.29, 1.82) is 0 Å². The summed E-state index contributed by atoms with van der Waals surface area (Å²) in [6.45, 7) is 3.06. The van der Waals surface area contributed by atoms with Crippen molar-refractivity contribution in [3.63, 3.8) is 0 Å². The topological polar surface area (TPSA) is 106 Å². The van der Waals surface area contributed by atoms with Crippen LogP contribution in [0.5, 0.6) is 0 Å². The quantitative estimate of drug-likeness (QED) is 0.466. The number of nitrogens with two attached hydrogens (primary N) is 1. The number of hydrogen-bond acceptors (Lipinski definition) is 6. The number of imidazole rings is 1. The Balaban J connectivity index is 1.92. The lowest BCUT2D eigenvalue weighted by atomic mass is 10.1. The fourth-order valence-corrected chi connectivity index (χ4v) is 4.56. The maximum Gasteiger partial charge on any atom is 0.175 e. The van der Waals surface area contributed by atoms with E-state index in [0.29, 0.717) is 27.1 Å². The Morgan fingerprint density at radius 1 is 1.42 bits per heavy atom. The fraction of sp³-hybridized carbons (Fsp3) is 0.533. The Hall–Kier alpha value is -0.670. The molecule has 3 heterocycles. The molecule has 3 rings (SSSR count). The molecule has 7 nitrogen and oxygen atoms in total. The van der Waals surface area contributed by atoms with Crippen molar-refractivity contribution < 1.29 is 14.9 Å². The molecule has 0 saturated carbocycles. The van der Waals surface area contributed by atoms with Crippen LogP contribution in [0.1, 0.15) is 12.6 Å². The number of ether oxygens (including phenoxy) is 1. The molecular formula is C15H22IN4O3P. The summed E-state index contributed by atoms with van der Waals surface area (Å²) in [4.78, 5) is 8.73. The predicted octanol–water partition coefficient (Wildman–Crippen LogP) is 1.34. The molecule has 4 N–H and O–H groups in total. The molecule has 2 unspecified atom stereocenters. The summed E-state index contributed by atoms with van der Waals surface area (Å²) >= 11 is 2.06. The number of anilines is 1. The third kappa shape index (κ3) is 3.35. The first-order chi connectivity index (χ1) is 11.2. The molecule has 1 aliphatic heterocycles. The van der Waals surface area contributed by atoms with Gasteiger partial charge in [-0.25, -0.2) is 9.97 Å². The van der Waals surface area contributed by atoms with Gasteiger partial charge in [0.05, 0.1) is 11.8 Å². The third-order valence-corrected chi connectivity index (χ3v) is 6.41. The molecule has 0 amide bonds. The first kappa shape index (κ1) is 18.1. The Labute approximate surface area is 154 Å². The molecule has 4 atom stereocenters. The summed E-state index contributed by atoms with van der Waals surface area (Å²) in [5.41, 5.74) is 7.58. The van der Waals surface area contributed by atoms with E-state index in [1.807, 2.05) is 0 Å². The minimum absolute atomic E-state index is 0.430. The molecule has 1 aliphatic rings. The molecule has 0 bridgehead atoms. The lowest BCUT2D eigenvalue weighted by Crippen LogP contribution is -2.32. The van der Waals surface area contributed by atoms with E-state index in [4.69, 9.17) is 10.5 Å². The Bertz CT molecular complexity index is 805. The molecule has 132 valence electrons. The Morgan fingerprint density at radius 3 is 2.79 bits per heavy atom. The Kier molecular flexibility index (Phi) is 4.96. The van der Waals surface area contributed by atoms with E-state index in [1.54, 1.807) is 16.8 Å². The van der Waals surface area contributed by atoms with Crippen molar-refractivity contribution in [3.05, 3.63) is 16.1 Å². The summed E-state index contributed by atoms with van der Waals surface area (Å²) in [6, 6.07) is 1.68. The molecule has 0 radical (unpaired) electrons. The van der Waals surface area contributed by atoms with E-state index in [9.17, 15) is 10.2 Å². The first-order valence-electron chi connectivity index (χ1n) is 7.66. The second-order valence-electron chi connectivity index (χ2n) is 6.82. The average molecular weight is 464 g/mol. The number of aliphatic hydroxyl groups is 2. The number of aliphatic hydroxyl groups excluding tert-OH is 2. The van der Waals surface area contributed by atoms with E-state index in [2.05, 4.69) is 52.2 Å². The monoisotopic (exact) mass is 464 g/mol. The highest BCUT2D eigenvalue weighted by Gasteiger charge is 2.44. The summed E-state index contributed by atoms with van der Waals surface area (Å²) in [5, 5.41) is 20.9. The summed E-state index contributed by atoms with van der Waals surface area (Å²) in [5.74, 6) is 0. The molecule has 24 heavy (non-hydrogen) atoms. The van der Waals surface area contributed by atoms with Gasteiger partial charge in [0, 0.05) is 28.8 Å². The lowest BCUT2D eigenvalue weighted by Gasteiger charge is -2.19. The van der Waals surface area contributed by atoms with Crippen LogP contribution in [0, 0.1) is 3.83 Å². The van der Waals surface area contributed by atoms with Crippen LogP contribution < -0.4 is 5.73 Å². The number of rotatable bonds is 4. The van der Waals surface area contributed by atoms with Gasteiger partial charge in [-0.05, 0) is 32.0 Å². The van der Waals surface area contributed by atoms with Gasteiger partial charge < -0.3 is 20.7 Å². The highest BCUT2D eigenvalue weighted by atomic mass is 127. The molecule has 1 fully saturated rings. The van der Waals surface area contributed by atoms with Crippen LogP contribution in [-0.2, 0) is 4.74 Å². The van der Waals surface area contributed by atoms with Crippen molar-refractivity contribution in [2.45, 2.75) is 31.0 Å². The van der Waals surface area contributed by atoms with Gasteiger partial charge in [-0.1, -0.05) is 0 Å². The van der Waals surface area contributed by atoms with Gasteiger partial charge in [0.15, 0.2) is 15.7 Å². The predicted molar refractivity (Wildman–Crippen MR) is 106 cm³/mol. The molecule has 9 heteroatoms. The first-order valence-corrected chi connectivity index (χ1v) is 11.8. The number of halogens is 1. The van der Waals surface area contributed by atoms with Gasteiger partial charge in [-0.3, -0.25) is 4.57 Å². The smallest absolute Gasteiger partial charge is 0.175 e. The van der Waals surface area contributed by atoms with Crippen molar-refractivity contribution >= 4 is 52.6 Å². The summed E-state index contributed by atoms with van der Waals surface area (Å²) in [6.07, 6.45) is 4.17. The van der Waals surface area contributed by atoms with Gasteiger partial charge in [0.25, 0.3) is 0 Å². The number of nitrogen functional groups attached to an aromatic ring is 1. The SMILES string of the molecule is C=P(C)(C)CCC1OC(n2c(I)nc3c(N)ccnc32)[C@H](O)[C@@H]1O. The molecule has 2 aromatic heterocycles. The molecule has 0 aromatic carbocycles. The van der Waals surface area contributed by atoms with Gasteiger partial charge in [0.2, 0.25) is 0 Å². The highest BCUT2D eigenvalue weighted by molar-refractivity contribution is 14.1. The van der Waals surface area contributed by atoms with Crippen LogP contribution in [0.25, 0.3) is 11.2 Å². The maximum absolute atomic E-state index is 10.5.